The van der Waals surface area contributed by atoms with Crippen molar-refractivity contribution in [3.05, 3.63) is 0 Å². The summed E-state index contributed by atoms with van der Waals surface area (Å²) in [5, 5.41) is 3.48. The van der Waals surface area contributed by atoms with Crippen molar-refractivity contribution in [2.75, 3.05) is 26.2 Å². The van der Waals surface area contributed by atoms with Gasteiger partial charge in [0.15, 0.2) is 0 Å². The molecule has 0 aromatic heterocycles. The van der Waals surface area contributed by atoms with Gasteiger partial charge in [0.2, 0.25) is 0 Å². The number of nitrogens with zero attached hydrogens (tertiary/aromatic N) is 1. The van der Waals surface area contributed by atoms with E-state index in [1.807, 2.05) is 0 Å². The lowest BCUT2D eigenvalue weighted by atomic mass is 9.73. The molecular weight excluding hydrogens is 244 g/mol. The molecule has 0 aliphatic carbocycles. The molecule has 2 heteroatoms. The molecule has 2 rings (SSSR count). The Hall–Kier alpha value is -0.0800. The summed E-state index contributed by atoms with van der Waals surface area (Å²) < 4.78 is 0. The van der Waals surface area contributed by atoms with E-state index >= 15 is 0 Å². The summed E-state index contributed by atoms with van der Waals surface area (Å²) in [4.78, 5) is 2.83. The standard InChI is InChI=1S/C18H36N2/c1-3-5-6-7-8-10-17(9-4-2)20-13-11-18(12-14-20)15-19-16-18/h17,19H,3-16H2,1-2H3. The minimum absolute atomic E-state index is 0.703. The highest BCUT2D eigenvalue weighted by molar-refractivity contribution is 4.96. The van der Waals surface area contributed by atoms with Gasteiger partial charge in [-0.2, -0.15) is 0 Å². The highest BCUT2D eigenvalue weighted by Gasteiger charge is 2.40. The molecule has 2 nitrogen and oxygen atoms in total. The van der Waals surface area contributed by atoms with Gasteiger partial charge in [-0.3, -0.25) is 0 Å². The van der Waals surface area contributed by atoms with Crippen LogP contribution in [0.1, 0.15) is 78.1 Å². The number of likely N-dealkylation sites (tertiary alicyclic amines) is 1. The zero-order chi connectivity index (χ0) is 14.3. The van der Waals surface area contributed by atoms with Crippen LogP contribution in [0.3, 0.4) is 0 Å². The van der Waals surface area contributed by atoms with Crippen LogP contribution in [0.15, 0.2) is 0 Å². The van der Waals surface area contributed by atoms with E-state index in [0.29, 0.717) is 5.41 Å². The number of piperidine rings is 1. The summed E-state index contributed by atoms with van der Waals surface area (Å²) in [5.74, 6) is 0. The van der Waals surface area contributed by atoms with Crippen molar-refractivity contribution in [3.63, 3.8) is 0 Å². The SMILES string of the molecule is CCCCCCCC(CCC)N1CCC2(CC1)CNC2. The predicted molar refractivity (Wildman–Crippen MR) is 88.2 cm³/mol. The van der Waals surface area contributed by atoms with Crippen molar-refractivity contribution in [2.24, 2.45) is 5.41 Å². The number of rotatable bonds is 9. The Bertz CT molecular complexity index is 250. The first-order valence-electron chi connectivity index (χ1n) is 9.24. The molecule has 2 saturated heterocycles. The molecule has 1 N–H and O–H groups in total. The maximum Gasteiger partial charge on any atom is 0.00951 e. The zero-order valence-electron chi connectivity index (χ0n) is 13.9. The molecule has 0 aromatic carbocycles. The molecule has 1 spiro atoms. The van der Waals surface area contributed by atoms with Crippen molar-refractivity contribution in [1.82, 2.24) is 10.2 Å². The van der Waals surface area contributed by atoms with Gasteiger partial charge >= 0.3 is 0 Å². The maximum absolute atomic E-state index is 3.48. The van der Waals surface area contributed by atoms with E-state index in [-0.39, 0.29) is 0 Å². The Balaban J connectivity index is 1.68. The minimum atomic E-state index is 0.703. The Kier molecular flexibility index (Phi) is 6.83. The lowest BCUT2D eigenvalue weighted by Crippen LogP contribution is -2.59. The van der Waals surface area contributed by atoms with Crippen LogP contribution in [0.2, 0.25) is 0 Å². The molecule has 20 heavy (non-hydrogen) atoms. The molecule has 2 fully saturated rings. The van der Waals surface area contributed by atoms with Crippen molar-refractivity contribution in [3.8, 4) is 0 Å². The lowest BCUT2D eigenvalue weighted by molar-refractivity contribution is 0.0299. The Morgan fingerprint density at radius 1 is 0.900 bits per heavy atom. The van der Waals surface area contributed by atoms with E-state index in [4.69, 9.17) is 0 Å². The minimum Gasteiger partial charge on any atom is -0.316 e. The molecule has 2 aliphatic rings. The van der Waals surface area contributed by atoms with Gasteiger partial charge in [-0.1, -0.05) is 52.4 Å². The summed E-state index contributed by atoms with van der Waals surface area (Å²) in [6, 6.07) is 0.881. The molecule has 0 aromatic rings. The normalized spacial score (nSPS) is 23.7. The Labute approximate surface area is 126 Å². The van der Waals surface area contributed by atoms with Gasteiger partial charge in [0, 0.05) is 19.1 Å². The molecular formula is C18H36N2. The first-order chi connectivity index (χ1) is 9.79. The summed E-state index contributed by atoms with van der Waals surface area (Å²) >= 11 is 0. The molecule has 0 radical (unpaired) electrons. The van der Waals surface area contributed by atoms with Gasteiger partial charge in [-0.15, -0.1) is 0 Å². The monoisotopic (exact) mass is 280 g/mol. The molecule has 118 valence electrons. The molecule has 1 atom stereocenters. The fourth-order valence-corrected chi connectivity index (χ4v) is 4.02. The summed E-state index contributed by atoms with van der Waals surface area (Å²) in [5.41, 5.74) is 0.703. The highest BCUT2D eigenvalue weighted by atomic mass is 15.2. The van der Waals surface area contributed by atoms with Crippen LogP contribution in [0.25, 0.3) is 0 Å². The molecule has 1 unspecified atom stereocenters. The van der Waals surface area contributed by atoms with Gasteiger partial charge in [-0.25, -0.2) is 0 Å². The fraction of sp³-hybridized carbons (Fsp3) is 1.00. The highest BCUT2D eigenvalue weighted by Crippen LogP contribution is 2.36. The van der Waals surface area contributed by atoms with Crippen molar-refractivity contribution in [1.29, 1.82) is 0 Å². The third-order valence-corrected chi connectivity index (χ3v) is 5.64. The smallest absolute Gasteiger partial charge is 0.00951 e. The summed E-state index contributed by atoms with van der Waals surface area (Å²) in [6.45, 7) is 9.96. The van der Waals surface area contributed by atoms with E-state index in [2.05, 4.69) is 24.1 Å². The first kappa shape index (κ1) is 16.3. The average molecular weight is 280 g/mol. The Morgan fingerprint density at radius 3 is 2.15 bits per heavy atom. The second-order valence-electron chi connectivity index (χ2n) is 7.28. The third kappa shape index (κ3) is 4.46. The average Bonchev–Trinajstić information content (AvgIpc) is 2.44. The second kappa shape index (κ2) is 8.38. The molecule has 0 saturated carbocycles. The summed E-state index contributed by atoms with van der Waals surface area (Å²) in [6.07, 6.45) is 14.2. The lowest BCUT2D eigenvalue weighted by Gasteiger charge is -2.50. The van der Waals surface area contributed by atoms with Gasteiger partial charge in [0.25, 0.3) is 0 Å². The van der Waals surface area contributed by atoms with Gasteiger partial charge in [-0.05, 0) is 44.2 Å². The van der Waals surface area contributed by atoms with E-state index in [0.717, 1.165) is 6.04 Å². The maximum atomic E-state index is 3.48. The van der Waals surface area contributed by atoms with Crippen LogP contribution >= 0.6 is 0 Å². The number of unbranched alkanes of at least 4 members (excludes halogenated alkanes) is 4. The predicted octanol–water partition coefficient (Wildman–Crippen LogP) is 4.20. The van der Waals surface area contributed by atoms with Gasteiger partial charge < -0.3 is 10.2 Å². The number of nitrogens with one attached hydrogen (secondary N) is 1. The second-order valence-corrected chi connectivity index (χ2v) is 7.28. The van der Waals surface area contributed by atoms with Crippen LogP contribution in [0, 0.1) is 5.41 Å². The topological polar surface area (TPSA) is 15.3 Å². The largest absolute Gasteiger partial charge is 0.316 e. The van der Waals surface area contributed by atoms with E-state index < -0.39 is 0 Å². The molecule has 0 bridgehead atoms. The zero-order valence-corrected chi connectivity index (χ0v) is 13.9. The van der Waals surface area contributed by atoms with Crippen LogP contribution in [0.5, 0.6) is 0 Å². The van der Waals surface area contributed by atoms with Gasteiger partial charge in [0.05, 0.1) is 0 Å². The number of hydrogen-bond acceptors (Lipinski definition) is 2. The van der Waals surface area contributed by atoms with E-state index in [1.54, 1.807) is 0 Å². The molecule has 0 amide bonds. The van der Waals surface area contributed by atoms with Crippen molar-refractivity contribution in [2.45, 2.75) is 84.1 Å². The van der Waals surface area contributed by atoms with Crippen LogP contribution in [-0.2, 0) is 0 Å². The Morgan fingerprint density at radius 2 is 1.60 bits per heavy atom. The molecule has 2 heterocycles. The van der Waals surface area contributed by atoms with Crippen LogP contribution in [-0.4, -0.2) is 37.1 Å². The van der Waals surface area contributed by atoms with Crippen molar-refractivity contribution >= 4 is 0 Å². The van der Waals surface area contributed by atoms with Gasteiger partial charge in [0.1, 0.15) is 0 Å². The summed E-state index contributed by atoms with van der Waals surface area (Å²) in [7, 11) is 0. The third-order valence-electron chi connectivity index (χ3n) is 5.64. The van der Waals surface area contributed by atoms with Crippen molar-refractivity contribution < 1.29 is 0 Å². The van der Waals surface area contributed by atoms with E-state index in [1.165, 1.54) is 90.4 Å². The number of hydrogen-bond donors (Lipinski definition) is 1. The van der Waals surface area contributed by atoms with Crippen LogP contribution in [0.4, 0.5) is 0 Å². The first-order valence-corrected chi connectivity index (χ1v) is 9.24. The van der Waals surface area contributed by atoms with E-state index in [9.17, 15) is 0 Å². The fourth-order valence-electron chi connectivity index (χ4n) is 4.02. The van der Waals surface area contributed by atoms with Crippen LogP contribution < -0.4 is 5.32 Å². The molecule has 2 aliphatic heterocycles. The quantitative estimate of drug-likeness (QED) is 0.637.